The average Bonchev–Trinajstić information content (AvgIpc) is 2.64. The second-order valence-electron chi connectivity index (χ2n) is 5.92. The molecule has 0 bridgehead atoms. The molecule has 0 aromatic heterocycles. The summed E-state index contributed by atoms with van der Waals surface area (Å²) in [5.74, 6) is 0.576. The Bertz CT molecular complexity index is 398. The highest BCUT2D eigenvalue weighted by atomic mass is 16.5. The van der Waals surface area contributed by atoms with Crippen LogP contribution >= 0.6 is 0 Å². The maximum absolute atomic E-state index is 10.6. The average molecular weight is 262 g/mol. The van der Waals surface area contributed by atoms with Gasteiger partial charge in [-0.2, -0.15) is 0 Å². The predicted octanol–water partition coefficient (Wildman–Crippen LogP) is 3.73. The molecule has 2 nitrogen and oxygen atoms in total. The van der Waals surface area contributed by atoms with E-state index in [1.165, 1.54) is 5.56 Å². The van der Waals surface area contributed by atoms with Crippen molar-refractivity contribution in [1.29, 1.82) is 0 Å². The van der Waals surface area contributed by atoms with Crippen LogP contribution in [0.15, 0.2) is 24.3 Å². The monoisotopic (exact) mass is 262 g/mol. The molecule has 0 aliphatic carbocycles. The molecule has 5 atom stereocenters. The zero-order chi connectivity index (χ0) is 14.0. The molecule has 1 fully saturated rings. The van der Waals surface area contributed by atoms with Crippen molar-refractivity contribution in [2.24, 2.45) is 11.8 Å². The summed E-state index contributed by atoms with van der Waals surface area (Å²) in [6, 6.07) is 8.41. The molecule has 0 saturated carbocycles. The van der Waals surface area contributed by atoms with Gasteiger partial charge in [-0.05, 0) is 37.3 Å². The third kappa shape index (κ3) is 3.01. The van der Waals surface area contributed by atoms with Gasteiger partial charge in [-0.3, -0.25) is 0 Å². The molecule has 0 amide bonds. The van der Waals surface area contributed by atoms with Crippen molar-refractivity contribution in [3.8, 4) is 0 Å². The molecule has 0 radical (unpaired) electrons. The first-order valence-corrected chi connectivity index (χ1v) is 7.47. The Balaban J connectivity index is 2.12. The maximum Gasteiger partial charge on any atom is 0.0846 e. The normalized spacial score (nSPS) is 32.5. The number of aryl methyl sites for hydroxylation is 1. The number of hydrogen-bond donors (Lipinski definition) is 1. The van der Waals surface area contributed by atoms with E-state index in [2.05, 4.69) is 52.0 Å². The quantitative estimate of drug-likeness (QED) is 0.896. The number of ether oxygens (including phenoxy) is 1. The minimum atomic E-state index is -0.425. The van der Waals surface area contributed by atoms with E-state index in [-0.39, 0.29) is 18.1 Å². The second-order valence-corrected chi connectivity index (χ2v) is 5.92. The Morgan fingerprint density at radius 1 is 1.11 bits per heavy atom. The van der Waals surface area contributed by atoms with Crippen molar-refractivity contribution in [2.45, 2.75) is 58.8 Å². The predicted molar refractivity (Wildman–Crippen MR) is 78.1 cm³/mol. The third-order valence-electron chi connectivity index (χ3n) is 4.54. The highest BCUT2D eigenvalue weighted by Crippen LogP contribution is 2.40. The van der Waals surface area contributed by atoms with Gasteiger partial charge in [-0.15, -0.1) is 0 Å². The van der Waals surface area contributed by atoms with Crippen LogP contribution < -0.4 is 0 Å². The van der Waals surface area contributed by atoms with Crippen LogP contribution in [-0.2, 0) is 11.2 Å². The van der Waals surface area contributed by atoms with E-state index in [1.807, 2.05) is 0 Å². The molecule has 2 rings (SSSR count). The first kappa shape index (κ1) is 14.5. The molecule has 5 unspecified atom stereocenters. The molecule has 1 heterocycles. The largest absolute Gasteiger partial charge is 0.388 e. The van der Waals surface area contributed by atoms with Gasteiger partial charge in [-0.25, -0.2) is 0 Å². The SMILES string of the molecule is CCCc1ccc(C(O)C2C(C)OC(C)C2C)cc1. The Kier molecular flexibility index (Phi) is 4.64. The van der Waals surface area contributed by atoms with Crippen molar-refractivity contribution in [3.05, 3.63) is 35.4 Å². The van der Waals surface area contributed by atoms with Gasteiger partial charge >= 0.3 is 0 Å². The summed E-state index contributed by atoms with van der Waals surface area (Å²) in [6.45, 7) is 8.52. The van der Waals surface area contributed by atoms with E-state index in [0.29, 0.717) is 5.92 Å². The highest BCUT2D eigenvalue weighted by Gasteiger charge is 2.41. The minimum absolute atomic E-state index is 0.121. The summed E-state index contributed by atoms with van der Waals surface area (Å²) < 4.78 is 5.83. The molecule has 0 spiro atoms. The molecule has 1 aliphatic heterocycles. The number of benzene rings is 1. The molecule has 1 N–H and O–H groups in total. The van der Waals surface area contributed by atoms with Crippen LogP contribution in [0.1, 0.15) is 51.3 Å². The van der Waals surface area contributed by atoms with Crippen LogP contribution in [0.4, 0.5) is 0 Å². The van der Waals surface area contributed by atoms with Crippen molar-refractivity contribution in [1.82, 2.24) is 0 Å². The second kappa shape index (κ2) is 6.06. The van der Waals surface area contributed by atoms with Gasteiger partial charge < -0.3 is 9.84 Å². The lowest BCUT2D eigenvalue weighted by atomic mass is 9.82. The number of rotatable bonds is 4. The Morgan fingerprint density at radius 2 is 1.74 bits per heavy atom. The molecule has 19 heavy (non-hydrogen) atoms. The summed E-state index contributed by atoms with van der Waals surface area (Å²) in [5.41, 5.74) is 2.36. The fraction of sp³-hybridized carbons (Fsp3) is 0.647. The molecule has 1 aromatic carbocycles. The van der Waals surface area contributed by atoms with E-state index < -0.39 is 6.10 Å². The van der Waals surface area contributed by atoms with Crippen LogP contribution in [0.2, 0.25) is 0 Å². The Morgan fingerprint density at radius 3 is 2.21 bits per heavy atom. The summed E-state index contributed by atoms with van der Waals surface area (Å²) in [7, 11) is 0. The Labute approximate surface area is 116 Å². The van der Waals surface area contributed by atoms with Gasteiger partial charge in [0.1, 0.15) is 0 Å². The van der Waals surface area contributed by atoms with Crippen molar-refractivity contribution in [2.75, 3.05) is 0 Å². The third-order valence-corrected chi connectivity index (χ3v) is 4.54. The first-order valence-electron chi connectivity index (χ1n) is 7.47. The van der Waals surface area contributed by atoms with Gasteiger partial charge in [0.15, 0.2) is 0 Å². The van der Waals surface area contributed by atoms with Gasteiger partial charge in [0.05, 0.1) is 18.3 Å². The topological polar surface area (TPSA) is 29.5 Å². The summed E-state index contributed by atoms with van der Waals surface area (Å²) in [5, 5.41) is 10.6. The van der Waals surface area contributed by atoms with E-state index in [9.17, 15) is 5.11 Å². The maximum atomic E-state index is 10.6. The van der Waals surface area contributed by atoms with E-state index >= 15 is 0 Å². The first-order chi connectivity index (χ1) is 9.04. The van der Waals surface area contributed by atoms with E-state index in [0.717, 1.165) is 18.4 Å². The number of hydrogen-bond acceptors (Lipinski definition) is 2. The molecule has 106 valence electrons. The molecular formula is C17H26O2. The van der Waals surface area contributed by atoms with E-state index in [1.54, 1.807) is 0 Å². The molecule has 1 aliphatic rings. The van der Waals surface area contributed by atoms with Crippen LogP contribution in [0.3, 0.4) is 0 Å². The molecule has 1 saturated heterocycles. The van der Waals surface area contributed by atoms with Crippen molar-refractivity contribution in [3.63, 3.8) is 0 Å². The minimum Gasteiger partial charge on any atom is -0.388 e. The van der Waals surface area contributed by atoms with Crippen molar-refractivity contribution < 1.29 is 9.84 Å². The summed E-state index contributed by atoms with van der Waals surface area (Å²) in [6.07, 6.45) is 2.19. The van der Waals surface area contributed by atoms with E-state index in [4.69, 9.17) is 4.74 Å². The molecule has 2 heteroatoms. The van der Waals surface area contributed by atoms with Gasteiger partial charge in [-0.1, -0.05) is 44.5 Å². The Hall–Kier alpha value is -0.860. The van der Waals surface area contributed by atoms with Gasteiger partial charge in [0.25, 0.3) is 0 Å². The fourth-order valence-electron chi connectivity index (χ4n) is 3.23. The fourth-order valence-corrected chi connectivity index (χ4v) is 3.23. The lowest BCUT2D eigenvalue weighted by Crippen LogP contribution is -2.24. The smallest absolute Gasteiger partial charge is 0.0846 e. The van der Waals surface area contributed by atoms with Crippen LogP contribution in [0.5, 0.6) is 0 Å². The number of aliphatic hydroxyl groups is 1. The van der Waals surface area contributed by atoms with Gasteiger partial charge in [0.2, 0.25) is 0 Å². The lowest BCUT2D eigenvalue weighted by molar-refractivity contribution is 0.0231. The zero-order valence-electron chi connectivity index (χ0n) is 12.5. The van der Waals surface area contributed by atoms with Crippen LogP contribution in [-0.4, -0.2) is 17.3 Å². The summed E-state index contributed by atoms with van der Waals surface area (Å²) in [4.78, 5) is 0. The summed E-state index contributed by atoms with van der Waals surface area (Å²) >= 11 is 0. The van der Waals surface area contributed by atoms with Gasteiger partial charge in [0, 0.05) is 5.92 Å². The van der Waals surface area contributed by atoms with Crippen molar-refractivity contribution >= 4 is 0 Å². The van der Waals surface area contributed by atoms with Crippen LogP contribution in [0.25, 0.3) is 0 Å². The number of aliphatic hydroxyl groups excluding tert-OH is 1. The van der Waals surface area contributed by atoms with Crippen LogP contribution in [0, 0.1) is 11.8 Å². The zero-order valence-corrected chi connectivity index (χ0v) is 12.5. The molecule has 1 aromatic rings. The standard InChI is InChI=1S/C17H26O2/c1-5-6-14-7-9-15(10-8-14)17(18)16-11(2)12(3)19-13(16)4/h7-13,16-18H,5-6H2,1-4H3. The highest BCUT2D eigenvalue weighted by molar-refractivity contribution is 5.25. The lowest BCUT2D eigenvalue weighted by Gasteiger charge is -2.25. The molecular weight excluding hydrogens is 236 g/mol.